The third kappa shape index (κ3) is 4.62. The molecule has 242 valence electrons. The second-order valence-corrected chi connectivity index (χ2v) is 15.4. The van der Waals surface area contributed by atoms with E-state index in [-0.39, 0.29) is 0 Å². The second kappa shape index (κ2) is 11.7. The van der Waals surface area contributed by atoms with Gasteiger partial charge in [0.05, 0.1) is 22.4 Å². The van der Waals surface area contributed by atoms with Crippen molar-refractivity contribution in [3.05, 3.63) is 170 Å². The molecule has 0 saturated heterocycles. The van der Waals surface area contributed by atoms with E-state index in [2.05, 4.69) is 164 Å². The number of hydrogen-bond donors (Lipinski definition) is 0. The van der Waals surface area contributed by atoms with Gasteiger partial charge in [-0.2, -0.15) is 0 Å². The van der Waals surface area contributed by atoms with Crippen LogP contribution in [-0.4, -0.2) is 9.97 Å². The number of benzene rings is 7. The van der Waals surface area contributed by atoms with Gasteiger partial charge in [0.1, 0.15) is 0 Å². The number of aromatic nitrogens is 2. The zero-order chi connectivity index (χ0) is 34.2. The van der Waals surface area contributed by atoms with Gasteiger partial charge >= 0.3 is 0 Å². The molecule has 52 heavy (non-hydrogen) atoms. The summed E-state index contributed by atoms with van der Waals surface area (Å²) >= 11 is 3.74. The molecule has 0 aliphatic heterocycles. The molecule has 0 aliphatic carbocycles. The SMILES string of the molecule is c1ccc(-c2ccc3ccc4ccc(-c5cc(-c6cccc7c6sc6ccccc67)ccc5-c5cccc6c5sc5ccccc56)nc4c3n2)cc1. The summed E-state index contributed by atoms with van der Waals surface area (Å²) in [6, 6.07) is 61.2. The zero-order valence-electron chi connectivity index (χ0n) is 27.9. The highest BCUT2D eigenvalue weighted by atomic mass is 32.1. The Morgan fingerprint density at radius 2 is 0.865 bits per heavy atom. The summed E-state index contributed by atoms with van der Waals surface area (Å²) in [6.07, 6.45) is 0. The van der Waals surface area contributed by atoms with Crippen LogP contribution in [0.25, 0.3) is 107 Å². The van der Waals surface area contributed by atoms with E-state index in [9.17, 15) is 0 Å². The fraction of sp³-hybridized carbons (Fsp3) is 0. The van der Waals surface area contributed by atoms with Crippen LogP contribution in [0.15, 0.2) is 170 Å². The van der Waals surface area contributed by atoms with Gasteiger partial charge < -0.3 is 0 Å². The van der Waals surface area contributed by atoms with Crippen LogP contribution < -0.4 is 0 Å². The lowest BCUT2D eigenvalue weighted by Crippen LogP contribution is -1.93. The van der Waals surface area contributed by atoms with E-state index >= 15 is 0 Å². The molecule has 0 spiro atoms. The summed E-state index contributed by atoms with van der Waals surface area (Å²) in [5, 5.41) is 7.36. The Balaban J connectivity index is 1.18. The largest absolute Gasteiger partial charge is 0.245 e. The fourth-order valence-electron chi connectivity index (χ4n) is 7.78. The van der Waals surface area contributed by atoms with E-state index in [0.717, 1.165) is 44.3 Å². The maximum Gasteiger partial charge on any atom is 0.0972 e. The number of nitrogens with zero attached hydrogens (tertiary/aromatic N) is 2. The topological polar surface area (TPSA) is 25.8 Å². The van der Waals surface area contributed by atoms with Crippen LogP contribution in [0.4, 0.5) is 0 Å². The van der Waals surface area contributed by atoms with Gasteiger partial charge in [-0.3, -0.25) is 0 Å². The lowest BCUT2D eigenvalue weighted by molar-refractivity contribution is 1.36. The van der Waals surface area contributed by atoms with Crippen LogP contribution in [0.2, 0.25) is 0 Å². The molecule has 11 rings (SSSR count). The first-order valence-electron chi connectivity index (χ1n) is 17.5. The van der Waals surface area contributed by atoms with Crippen molar-refractivity contribution in [2.24, 2.45) is 0 Å². The van der Waals surface area contributed by atoms with E-state index in [1.807, 2.05) is 28.7 Å². The van der Waals surface area contributed by atoms with Crippen molar-refractivity contribution in [1.82, 2.24) is 9.97 Å². The van der Waals surface area contributed by atoms with Gasteiger partial charge in [-0.1, -0.05) is 140 Å². The van der Waals surface area contributed by atoms with E-state index in [0.29, 0.717) is 0 Å². The Kier molecular flexibility index (Phi) is 6.63. The van der Waals surface area contributed by atoms with Crippen LogP contribution in [0, 0.1) is 0 Å². The molecular formula is C48H28N2S2. The van der Waals surface area contributed by atoms with Crippen LogP contribution in [0.1, 0.15) is 0 Å². The highest BCUT2D eigenvalue weighted by Gasteiger charge is 2.18. The van der Waals surface area contributed by atoms with Crippen molar-refractivity contribution in [3.8, 4) is 44.8 Å². The highest BCUT2D eigenvalue weighted by Crippen LogP contribution is 2.46. The van der Waals surface area contributed by atoms with Crippen molar-refractivity contribution < 1.29 is 0 Å². The molecule has 0 fully saturated rings. The fourth-order valence-corrected chi connectivity index (χ4v) is 10.2. The quantitative estimate of drug-likeness (QED) is 0.171. The minimum atomic E-state index is 0.913. The molecule has 0 amide bonds. The van der Waals surface area contributed by atoms with Crippen LogP contribution in [0.5, 0.6) is 0 Å². The maximum atomic E-state index is 5.49. The van der Waals surface area contributed by atoms with Crippen LogP contribution >= 0.6 is 22.7 Å². The number of hydrogen-bond acceptors (Lipinski definition) is 4. The third-order valence-electron chi connectivity index (χ3n) is 10.3. The summed E-state index contributed by atoms with van der Waals surface area (Å²) < 4.78 is 5.22. The van der Waals surface area contributed by atoms with Gasteiger partial charge in [0.2, 0.25) is 0 Å². The Morgan fingerprint density at radius 1 is 0.327 bits per heavy atom. The molecule has 11 aromatic rings. The minimum Gasteiger partial charge on any atom is -0.245 e. The van der Waals surface area contributed by atoms with Crippen molar-refractivity contribution in [1.29, 1.82) is 0 Å². The Labute approximate surface area is 307 Å². The first-order valence-corrected chi connectivity index (χ1v) is 19.1. The highest BCUT2D eigenvalue weighted by molar-refractivity contribution is 7.26. The summed E-state index contributed by atoms with van der Waals surface area (Å²) in [5.41, 5.74) is 10.7. The maximum absolute atomic E-state index is 5.49. The second-order valence-electron chi connectivity index (χ2n) is 13.3. The normalized spacial score (nSPS) is 11.8. The first-order chi connectivity index (χ1) is 25.8. The summed E-state index contributed by atoms with van der Waals surface area (Å²) in [6.45, 7) is 0. The molecule has 0 N–H and O–H groups in total. The number of rotatable bonds is 4. The Hall–Kier alpha value is -6.20. The van der Waals surface area contributed by atoms with Crippen LogP contribution in [0.3, 0.4) is 0 Å². The third-order valence-corrected chi connectivity index (χ3v) is 12.7. The zero-order valence-corrected chi connectivity index (χ0v) is 29.5. The Bertz CT molecular complexity index is 3190. The number of thiophene rings is 2. The molecule has 4 heteroatoms. The van der Waals surface area contributed by atoms with Crippen molar-refractivity contribution >= 4 is 84.8 Å². The average Bonchev–Trinajstić information content (AvgIpc) is 3.79. The van der Waals surface area contributed by atoms with Crippen molar-refractivity contribution in [2.45, 2.75) is 0 Å². The molecule has 2 nitrogen and oxygen atoms in total. The van der Waals surface area contributed by atoms with Crippen LogP contribution in [-0.2, 0) is 0 Å². The molecule has 0 saturated carbocycles. The monoisotopic (exact) mass is 696 g/mol. The molecule has 0 aliphatic rings. The minimum absolute atomic E-state index is 0.913. The predicted molar refractivity (Wildman–Crippen MR) is 225 cm³/mol. The predicted octanol–water partition coefficient (Wildman–Crippen LogP) is 14.2. The van der Waals surface area contributed by atoms with Gasteiger partial charge in [-0.25, -0.2) is 9.97 Å². The summed E-state index contributed by atoms with van der Waals surface area (Å²) in [4.78, 5) is 10.7. The standard InChI is InChI=1S/C48H28N2S2/c1-2-10-29(11-3-1)41-26-23-30-20-21-31-24-27-42(50-46(31)45(30)49-41)40-28-32(33-14-8-16-38-35-12-4-6-18-43(35)51-47(33)38)22-25-34(40)37-15-9-17-39-36-13-5-7-19-44(36)52-48(37)39/h1-28H. The van der Waals surface area contributed by atoms with Gasteiger partial charge in [-0.05, 0) is 47.0 Å². The number of pyridine rings is 2. The van der Waals surface area contributed by atoms with Gasteiger partial charge in [0.25, 0.3) is 0 Å². The average molecular weight is 697 g/mol. The molecule has 0 bridgehead atoms. The van der Waals surface area contributed by atoms with E-state index < -0.39 is 0 Å². The summed E-state index contributed by atoms with van der Waals surface area (Å²) in [5.74, 6) is 0. The lowest BCUT2D eigenvalue weighted by atomic mass is 9.91. The van der Waals surface area contributed by atoms with Crippen molar-refractivity contribution in [2.75, 3.05) is 0 Å². The molecule has 4 aromatic heterocycles. The molecule has 4 heterocycles. The first kappa shape index (κ1) is 29.5. The van der Waals surface area contributed by atoms with E-state index in [1.54, 1.807) is 0 Å². The summed E-state index contributed by atoms with van der Waals surface area (Å²) in [7, 11) is 0. The molecular weight excluding hydrogens is 669 g/mol. The number of fused-ring (bicyclic) bond motifs is 9. The van der Waals surface area contributed by atoms with Crippen molar-refractivity contribution in [3.63, 3.8) is 0 Å². The van der Waals surface area contributed by atoms with Gasteiger partial charge in [-0.15, -0.1) is 22.7 Å². The van der Waals surface area contributed by atoms with Gasteiger partial charge in [0.15, 0.2) is 0 Å². The molecule has 0 unspecified atom stereocenters. The van der Waals surface area contributed by atoms with E-state index in [1.165, 1.54) is 62.6 Å². The smallest absolute Gasteiger partial charge is 0.0972 e. The lowest BCUT2D eigenvalue weighted by Gasteiger charge is -2.15. The Morgan fingerprint density at radius 3 is 1.56 bits per heavy atom. The van der Waals surface area contributed by atoms with E-state index in [4.69, 9.17) is 9.97 Å². The van der Waals surface area contributed by atoms with Gasteiger partial charge in [0, 0.05) is 67.8 Å². The molecule has 0 atom stereocenters. The molecule has 0 radical (unpaired) electrons. The molecule has 7 aromatic carbocycles.